The van der Waals surface area contributed by atoms with Crippen LogP contribution in [-0.4, -0.2) is 15.8 Å². The first-order valence-electron chi connectivity index (χ1n) is 6.73. The number of hydrogen-bond donors (Lipinski definition) is 0. The van der Waals surface area contributed by atoms with Crippen LogP contribution in [0.2, 0.25) is 0 Å². The van der Waals surface area contributed by atoms with Crippen LogP contribution in [0.4, 0.5) is 0 Å². The second kappa shape index (κ2) is 5.67. The highest BCUT2D eigenvalue weighted by atomic mass is 16.1. The lowest BCUT2D eigenvalue weighted by molar-refractivity contribution is 0.104. The lowest BCUT2D eigenvalue weighted by atomic mass is 10.1. The number of aryl methyl sites for hydroxylation is 1. The summed E-state index contributed by atoms with van der Waals surface area (Å²) in [5.41, 5.74) is 4.15. The van der Waals surface area contributed by atoms with Crippen LogP contribution in [0.3, 0.4) is 0 Å². The van der Waals surface area contributed by atoms with Crippen LogP contribution in [0.15, 0.2) is 60.8 Å². The SMILES string of the molecule is Cc1ccc(C(=O)/C=C/c2cnc3ccccc3n2)cc1. The Morgan fingerprint density at radius 2 is 1.71 bits per heavy atom. The molecule has 1 heterocycles. The molecule has 1 aromatic heterocycles. The van der Waals surface area contributed by atoms with E-state index in [-0.39, 0.29) is 5.78 Å². The molecule has 0 aliphatic carbocycles. The molecule has 0 atom stereocenters. The van der Waals surface area contributed by atoms with Crippen molar-refractivity contribution in [1.82, 2.24) is 9.97 Å². The molecule has 0 aliphatic rings. The zero-order chi connectivity index (χ0) is 14.7. The first kappa shape index (κ1) is 13.2. The van der Waals surface area contributed by atoms with Crippen molar-refractivity contribution < 1.29 is 4.79 Å². The molecule has 2 aromatic carbocycles. The van der Waals surface area contributed by atoms with Crippen molar-refractivity contribution in [1.29, 1.82) is 0 Å². The fourth-order valence-corrected chi connectivity index (χ4v) is 2.03. The van der Waals surface area contributed by atoms with Crippen LogP contribution in [0.5, 0.6) is 0 Å². The summed E-state index contributed by atoms with van der Waals surface area (Å²) in [6.07, 6.45) is 4.90. The van der Waals surface area contributed by atoms with Gasteiger partial charge in [0, 0.05) is 5.56 Å². The third-order valence-electron chi connectivity index (χ3n) is 3.21. The number of hydrogen-bond acceptors (Lipinski definition) is 3. The number of ketones is 1. The first-order valence-corrected chi connectivity index (χ1v) is 6.73. The average Bonchev–Trinajstić information content (AvgIpc) is 2.53. The highest BCUT2D eigenvalue weighted by Crippen LogP contribution is 2.10. The topological polar surface area (TPSA) is 42.9 Å². The molecule has 3 heteroatoms. The third-order valence-corrected chi connectivity index (χ3v) is 3.21. The Labute approximate surface area is 123 Å². The number of carbonyl (C=O) groups excluding carboxylic acids is 1. The number of para-hydroxylation sites is 2. The predicted octanol–water partition coefficient (Wildman–Crippen LogP) is 3.83. The summed E-state index contributed by atoms with van der Waals surface area (Å²) in [4.78, 5) is 20.8. The Bertz CT molecular complexity index is 820. The van der Waals surface area contributed by atoms with Crippen molar-refractivity contribution in [2.45, 2.75) is 6.92 Å². The molecule has 0 saturated heterocycles. The smallest absolute Gasteiger partial charge is 0.185 e. The Hall–Kier alpha value is -2.81. The number of rotatable bonds is 3. The van der Waals surface area contributed by atoms with Crippen molar-refractivity contribution in [2.24, 2.45) is 0 Å². The first-order chi connectivity index (χ1) is 10.2. The minimum Gasteiger partial charge on any atom is -0.289 e. The van der Waals surface area contributed by atoms with Gasteiger partial charge in [-0.25, -0.2) is 4.98 Å². The quantitative estimate of drug-likeness (QED) is 0.538. The molecule has 0 fully saturated rings. The average molecular weight is 274 g/mol. The van der Waals surface area contributed by atoms with Crippen LogP contribution in [0.25, 0.3) is 17.1 Å². The fourth-order valence-electron chi connectivity index (χ4n) is 2.03. The van der Waals surface area contributed by atoms with E-state index in [0.717, 1.165) is 16.6 Å². The van der Waals surface area contributed by atoms with Crippen LogP contribution < -0.4 is 0 Å². The minimum absolute atomic E-state index is 0.0371. The normalized spacial score (nSPS) is 11.1. The fraction of sp³-hybridized carbons (Fsp3) is 0.0556. The Morgan fingerprint density at radius 1 is 1.00 bits per heavy atom. The van der Waals surface area contributed by atoms with Crippen LogP contribution in [0.1, 0.15) is 21.6 Å². The van der Waals surface area contributed by atoms with E-state index in [1.54, 1.807) is 12.3 Å². The number of allylic oxidation sites excluding steroid dienone is 1. The number of carbonyl (C=O) groups is 1. The van der Waals surface area contributed by atoms with Crippen LogP contribution in [0, 0.1) is 6.92 Å². The van der Waals surface area contributed by atoms with Gasteiger partial charge in [0.2, 0.25) is 0 Å². The summed E-state index contributed by atoms with van der Waals surface area (Å²) in [6, 6.07) is 15.2. The van der Waals surface area contributed by atoms with Gasteiger partial charge in [-0.1, -0.05) is 42.0 Å². The van der Waals surface area contributed by atoms with Gasteiger partial charge in [-0.05, 0) is 31.2 Å². The Balaban J connectivity index is 1.83. The summed E-state index contributed by atoms with van der Waals surface area (Å²) in [5, 5.41) is 0. The van der Waals surface area contributed by atoms with Crippen LogP contribution in [-0.2, 0) is 0 Å². The van der Waals surface area contributed by atoms with Crippen molar-refractivity contribution in [2.75, 3.05) is 0 Å². The molecule has 102 valence electrons. The van der Waals surface area contributed by atoms with Gasteiger partial charge in [-0.15, -0.1) is 0 Å². The molecule has 0 amide bonds. The number of aromatic nitrogens is 2. The van der Waals surface area contributed by atoms with Gasteiger partial charge < -0.3 is 0 Å². The Kier molecular flexibility index (Phi) is 3.56. The largest absolute Gasteiger partial charge is 0.289 e. The van der Waals surface area contributed by atoms with Crippen molar-refractivity contribution in [3.8, 4) is 0 Å². The molecule has 3 nitrogen and oxygen atoms in total. The zero-order valence-electron chi connectivity index (χ0n) is 11.7. The summed E-state index contributed by atoms with van der Waals surface area (Å²) < 4.78 is 0. The molecule has 0 N–H and O–H groups in total. The van der Waals surface area contributed by atoms with E-state index in [1.165, 1.54) is 6.08 Å². The predicted molar refractivity (Wildman–Crippen MR) is 84.1 cm³/mol. The lowest BCUT2D eigenvalue weighted by Crippen LogP contribution is -1.94. The lowest BCUT2D eigenvalue weighted by Gasteiger charge is -1.98. The van der Waals surface area contributed by atoms with Gasteiger partial charge in [0.25, 0.3) is 0 Å². The summed E-state index contributed by atoms with van der Waals surface area (Å²) in [6.45, 7) is 1.99. The third kappa shape index (κ3) is 3.03. The van der Waals surface area contributed by atoms with Gasteiger partial charge in [0.15, 0.2) is 5.78 Å². The summed E-state index contributed by atoms with van der Waals surface area (Å²) in [7, 11) is 0. The summed E-state index contributed by atoms with van der Waals surface area (Å²) >= 11 is 0. The van der Waals surface area contributed by atoms with E-state index in [0.29, 0.717) is 11.3 Å². The molecule has 3 aromatic rings. The maximum Gasteiger partial charge on any atom is 0.185 e. The van der Waals surface area contributed by atoms with Gasteiger partial charge in [0.1, 0.15) is 0 Å². The zero-order valence-corrected chi connectivity index (χ0v) is 11.7. The van der Waals surface area contributed by atoms with E-state index in [2.05, 4.69) is 9.97 Å². The monoisotopic (exact) mass is 274 g/mol. The highest BCUT2D eigenvalue weighted by Gasteiger charge is 2.01. The number of fused-ring (bicyclic) bond motifs is 1. The molecule has 0 aliphatic heterocycles. The van der Waals surface area contributed by atoms with E-state index in [4.69, 9.17) is 0 Å². The number of benzene rings is 2. The van der Waals surface area contributed by atoms with Gasteiger partial charge in [0.05, 0.1) is 22.9 Å². The van der Waals surface area contributed by atoms with Gasteiger partial charge >= 0.3 is 0 Å². The van der Waals surface area contributed by atoms with E-state index in [9.17, 15) is 4.79 Å². The van der Waals surface area contributed by atoms with Crippen molar-refractivity contribution in [3.63, 3.8) is 0 Å². The second-order valence-corrected chi connectivity index (χ2v) is 4.85. The molecule has 0 bridgehead atoms. The van der Waals surface area contributed by atoms with Crippen LogP contribution >= 0.6 is 0 Å². The summed E-state index contributed by atoms with van der Waals surface area (Å²) in [5.74, 6) is -0.0371. The van der Waals surface area contributed by atoms with E-state index < -0.39 is 0 Å². The maximum atomic E-state index is 12.1. The highest BCUT2D eigenvalue weighted by molar-refractivity contribution is 6.06. The molecular weight excluding hydrogens is 260 g/mol. The Morgan fingerprint density at radius 3 is 2.48 bits per heavy atom. The van der Waals surface area contributed by atoms with Gasteiger partial charge in [-0.3, -0.25) is 9.78 Å². The second-order valence-electron chi connectivity index (χ2n) is 4.85. The van der Waals surface area contributed by atoms with Crippen molar-refractivity contribution in [3.05, 3.63) is 77.6 Å². The van der Waals surface area contributed by atoms with E-state index >= 15 is 0 Å². The molecule has 0 unspecified atom stereocenters. The molecule has 21 heavy (non-hydrogen) atoms. The molecular formula is C18H14N2O. The number of nitrogens with zero attached hydrogens (tertiary/aromatic N) is 2. The maximum absolute atomic E-state index is 12.1. The van der Waals surface area contributed by atoms with E-state index in [1.807, 2.05) is 55.5 Å². The standard InChI is InChI=1S/C18H14N2O/c1-13-6-8-14(9-7-13)18(21)11-10-15-12-19-16-4-2-3-5-17(16)20-15/h2-12H,1H3/b11-10+. The minimum atomic E-state index is -0.0371. The van der Waals surface area contributed by atoms with Gasteiger partial charge in [-0.2, -0.15) is 0 Å². The molecule has 0 spiro atoms. The molecule has 0 radical (unpaired) electrons. The molecule has 3 rings (SSSR count). The van der Waals surface area contributed by atoms with Crippen molar-refractivity contribution >= 4 is 22.9 Å². The molecule has 0 saturated carbocycles.